The minimum atomic E-state index is -0.116. The maximum Gasteiger partial charge on any atom is 0.254 e. The first-order valence-electron chi connectivity index (χ1n) is 5.88. The van der Waals surface area contributed by atoms with Crippen LogP contribution in [-0.2, 0) is 0 Å². The van der Waals surface area contributed by atoms with Crippen LogP contribution in [0.3, 0.4) is 0 Å². The summed E-state index contributed by atoms with van der Waals surface area (Å²) < 4.78 is 5.54. The standard InChI is InChI=1S/C14H14ClN3O2/c1-18(2)14(19)9-3-6-13(17-8-9)20-12-5-4-10(15)7-11(12)16/h3-8H,16H2,1-2H3. The number of nitrogens with zero attached hydrogens (tertiary/aromatic N) is 2. The molecular formula is C14H14ClN3O2. The molecule has 1 amide bonds. The molecule has 0 aliphatic carbocycles. The van der Waals surface area contributed by atoms with E-state index >= 15 is 0 Å². The number of aromatic nitrogens is 1. The number of hydrogen-bond acceptors (Lipinski definition) is 4. The predicted molar refractivity (Wildman–Crippen MR) is 78.2 cm³/mol. The fourth-order valence-electron chi connectivity index (χ4n) is 1.55. The van der Waals surface area contributed by atoms with Crippen LogP contribution in [0.25, 0.3) is 0 Å². The van der Waals surface area contributed by atoms with Crippen molar-refractivity contribution in [2.45, 2.75) is 0 Å². The van der Waals surface area contributed by atoms with Crippen molar-refractivity contribution in [3.8, 4) is 11.6 Å². The Bertz CT molecular complexity index is 627. The third kappa shape index (κ3) is 3.19. The lowest BCUT2D eigenvalue weighted by atomic mass is 10.2. The SMILES string of the molecule is CN(C)C(=O)c1ccc(Oc2ccc(Cl)cc2N)nc1. The van der Waals surface area contributed by atoms with Crippen LogP contribution in [0, 0.1) is 0 Å². The van der Waals surface area contributed by atoms with E-state index in [2.05, 4.69) is 4.98 Å². The third-order valence-electron chi connectivity index (χ3n) is 2.58. The molecule has 104 valence electrons. The predicted octanol–water partition coefficient (Wildman–Crippen LogP) is 2.81. The van der Waals surface area contributed by atoms with E-state index in [9.17, 15) is 4.79 Å². The molecule has 20 heavy (non-hydrogen) atoms. The molecule has 0 unspecified atom stereocenters. The Morgan fingerprint density at radius 2 is 2.05 bits per heavy atom. The number of nitrogens with two attached hydrogens (primary N) is 1. The minimum absolute atomic E-state index is 0.116. The van der Waals surface area contributed by atoms with Gasteiger partial charge in [-0.2, -0.15) is 0 Å². The lowest BCUT2D eigenvalue weighted by molar-refractivity contribution is 0.0827. The maximum absolute atomic E-state index is 11.7. The molecule has 0 aliphatic rings. The van der Waals surface area contributed by atoms with Crippen LogP contribution in [-0.4, -0.2) is 29.9 Å². The number of carbonyl (C=O) groups is 1. The highest BCUT2D eigenvalue weighted by atomic mass is 35.5. The second-order valence-electron chi connectivity index (χ2n) is 4.37. The summed E-state index contributed by atoms with van der Waals surface area (Å²) in [5, 5.41) is 0.537. The smallest absolute Gasteiger partial charge is 0.254 e. The molecule has 0 saturated carbocycles. The summed E-state index contributed by atoms with van der Waals surface area (Å²) in [6.45, 7) is 0. The number of rotatable bonds is 3. The van der Waals surface area contributed by atoms with Crippen LogP contribution in [0.2, 0.25) is 5.02 Å². The molecule has 0 saturated heterocycles. The molecule has 2 rings (SSSR count). The Hall–Kier alpha value is -2.27. The molecular weight excluding hydrogens is 278 g/mol. The number of pyridine rings is 1. The zero-order valence-electron chi connectivity index (χ0n) is 11.1. The van der Waals surface area contributed by atoms with E-state index < -0.39 is 0 Å². The molecule has 0 fully saturated rings. The summed E-state index contributed by atoms with van der Waals surface area (Å²) in [7, 11) is 3.36. The molecule has 1 aromatic heterocycles. The van der Waals surface area contributed by atoms with Gasteiger partial charge in [0.2, 0.25) is 5.88 Å². The largest absolute Gasteiger partial charge is 0.437 e. The first kappa shape index (κ1) is 14.1. The second-order valence-corrected chi connectivity index (χ2v) is 4.81. The van der Waals surface area contributed by atoms with Crippen LogP contribution in [0.5, 0.6) is 11.6 Å². The first-order valence-corrected chi connectivity index (χ1v) is 6.26. The van der Waals surface area contributed by atoms with Crippen molar-refractivity contribution in [1.82, 2.24) is 9.88 Å². The highest BCUT2D eigenvalue weighted by Crippen LogP contribution is 2.28. The third-order valence-corrected chi connectivity index (χ3v) is 2.81. The molecule has 5 nitrogen and oxygen atoms in total. The summed E-state index contributed by atoms with van der Waals surface area (Å²) in [6, 6.07) is 8.21. The number of halogens is 1. The van der Waals surface area contributed by atoms with E-state index in [0.717, 1.165) is 0 Å². The zero-order chi connectivity index (χ0) is 14.7. The highest BCUT2D eigenvalue weighted by molar-refractivity contribution is 6.30. The average Bonchev–Trinajstić information content (AvgIpc) is 2.42. The Balaban J connectivity index is 2.17. The lowest BCUT2D eigenvalue weighted by Gasteiger charge is -2.11. The van der Waals surface area contributed by atoms with Gasteiger partial charge in [-0.15, -0.1) is 0 Å². The molecule has 2 N–H and O–H groups in total. The summed E-state index contributed by atoms with van der Waals surface area (Å²) in [5.74, 6) is 0.706. The first-order chi connectivity index (χ1) is 9.47. The summed E-state index contributed by atoms with van der Waals surface area (Å²) in [6.07, 6.45) is 1.46. The molecule has 6 heteroatoms. The number of hydrogen-bond donors (Lipinski definition) is 1. The van der Waals surface area contributed by atoms with Crippen molar-refractivity contribution in [2.75, 3.05) is 19.8 Å². The van der Waals surface area contributed by atoms with Crippen molar-refractivity contribution in [3.05, 3.63) is 47.1 Å². The Kier molecular flexibility index (Phi) is 4.10. The van der Waals surface area contributed by atoms with E-state index in [1.165, 1.54) is 11.1 Å². The fourth-order valence-corrected chi connectivity index (χ4v) is 1.73. The second kappa shape index (κ2) is 5.79. The van der Waals surface area contributed by atoms with Gasteiger partial charge in [-0.05, 0) is 24.3 Å². The van der Waals surface area contributed by atoms with Crippen molar-refractivity contribution in [1.29, 1.82) is 0 Å². The lowest BCUT2D eigenvalue weighted by Crippen LogP contribution is -2.21. The van der Waals surface area contributed by atoms with Gasteiger partial charge in [0.1, 0.15) is 0 Å². The molecule has 0 aliphatic heterocycles. The molecule has 0 bridgehead atoms. The zero-order valence-corrected chi connectivity index (χ0v) is 11.9. The van der Waals surface area contributed by atoms with Gasteiger partial charge in [0.25, 0.3) is 5.91 Å². The Morgan fingerprint density at radius 1 is 1.30 bits per heavy atom. The molecule has 0 spiro atoms. The fraction of sp³-hybridized carbons (Fsp3) is 0.143. The monoisotopic (exact) mass is 291 g/mol. The minimum Gasteiger partial charge on any atom is -0.437 e. The average molecular weight is 292 g/mol. The van der Waals surface area contributed by atoms with Crippen LogP contribution >= 0.6 is 11.6 Å². The van der Waals surface area contributed by atoms with Crippen LogP contribution in [0.1, 0.15) is 10.4 Å². The van der Waals surface area contributed by atoms with Gasteiger partial charge in [0.05, 0.1) is 11.3 Å². The van der Waals surface area contributed by atoms with Gasteiger partial charge in [-0.1, -0.05) is 11.6 Å². The van der Waals surface area contributed by atoms with E-state index in [4.69, 9.17) is 22.1 Å². The summed E-state index contributed by atoms with van der Waals surface area (Å²) in [5.41, 5.74) is 6.70. The van der Waals surface area contributed by atoms with Crippen molar-refractivity contribution in [3.63, 3.8) is 0 Å². The van der Waals surface area contributed by atoms with E-state index in [1.807, 2.05) is 0 Å². The van der Waals surface area contributed by atoms with Gasteiger partial charge in [0, 0.05) is 31.4 Å². The van der Waals surface area contributed by atoms with Crippen LogP contribution in [0.4, 0.5) is 5.69 Å². The van der Waals surface area contributed by atoms with Gasteiger partial charge < -0.3 is 15.4 Å². The van der Waals surface area contributed by atoms with Crippen molar-refractivity contribution < 1.29 is 9.53 Å². The van der Waals surface area contributed by atoms with Gasteiger partial charge in [0.15, 0.2) is 5.75 Å². The molecule has 0 atom stereocenters. The van der Waals surface area contributed by atoms with E-state index in [1.54, 1.807) is 44.4 Å². The van der Waals surface area contributed by atoms with Gasteiger partial charge in [-0.3, -0.25) is 4.79 Å². The Labute approximate surface area is 121 Å². The quantitative estimate of drug-likeness (QED) is 0.883. The normalized spacial score (nSPS) is 10.2. The van der Waals surface area contributed by atoms with Crippen molar-refractivity contribution >= 4 is 23.2 Å². The van der Waals surface area contributed by atoms with Gasteiger partial charge in [-0.25, -0.2) is 4.98 Å². The number of benzene rings is 1. The molecule has 1 heterocycles. The highest BCUT2D eigenvalue weighted by Gasteiger charge is 2.09. The molecule has 1 aromatic carbocycles. The van der Waals surface area contributed by atoms with Crippen LogP contribution < -0.4 is 10.5 Å². The van der Waals surface area contributed by atoms with E-state index in [-0.39, 0.29) is 5.91 Å². The summed E-state index contributed by atoms with van der Waals surface area (Å²) >= 11 is 5.81. The number of ether oxygens (including phenoxy) is 1. The summed E-state index contributed by atoms with van der Waals surface area (Å²) in [4.78, 5) is 17.3. The van der Waals surface area contributed by atoms with Gasteiger partial charge >= 0.3 is 0 Å². The van der Waals surface area contributed by atoms with E-state index in [0.29, 0.717) is 27.9 Å². The Morgan fingerprint density at radius 3 is 2.60 bits per heavy atom. The number of amides is 1. The topological polar surface area (TPSA) is 68.5 Å². The number of anilines is 1. The maximum atomic E-state index is 11.7. The van der Waals surface area contributed by atoms with Crippen molar-refractivity contribution in [2.24, 2.45) is 0 Å². The molecule has 0 radical (unpaired) electrons. The molecule has 2 aromatic rings. The number of carbonyl (C=O) groups excluding carboxylic acids is 1. The van der Waals surface area contributed by atoms with Crippen LogP contribution in [0.15, 0.2) is 36.5 Å². The number of nitrogen functional groups attached to an aromatic ring is 1.